The van der Waals surface area contributed by atoms with Gasteiger partial charge in [0, 0.05) is 17.8 Å². The topological polar surface area (TPSA) is 59.9 Å². The molecule has 2 rings (SSSR count). The molecule has 0 bridgehead atoms. The number of hydrogen-bond donors (Lipinski definition) is 0. The summed E-state index contributed by atoms with van der Waals surface area (Å²) in [6.07, 6.45) is 4.20. The fourth-order valence-electron chi connectivity index (χ4n) is 0.948. The molecule has 68 valence electrons. The minimum Gasteiger partial charge on any atom is -0.244 e. The number of thiophene rings is 1. The third-order valence-electron chi connectivity index (χ3n) is 1.54. The highest BCUT2D eigenvalue weighted by atomic mass is 32.2. The van der Waals surface area contributed by atoms with E-state index in [4.69, 9.17) is 0 Å². The summed E-state index contributed by atoms with van der Waals surface area (Å²) >= 11 is 1.17. The maximum Gasteiger partial charge on any atom is 0.184 e. The lowest BCUT2D eigenvalue weighted by Gasteiger charge is -1.86. The van der Waals surface area contributed by atoms with Crippen LogP contribution in [0.3, 0.4) is 0 Å². The monoisotopic (exact) mass is 214 g/mol. The summed E-state index contributed by atoms with van der Waals surface area (Å²) in [6.45, 7) is 0. The Morgan fingerprint density at radius 1 is 1.46 bits per heavy atom. The van der Waals surface area contributed by atoms with Gasteiger partial charge in [-0.1, -0.05) is 0 Å². The molecule has 0 saturated heterocycles. The highest BCUT2D eigenvalue weighted by molar-refractivity contribution is 7.92. The van der Waals surface area contributed by atoms with Crippen LogP contribution < -0.4 is 0 Å². The zero-order chi connectivity index (χ0) is 9.47. The summed E-state index contributed by atoms with van der Waals surface area (Å²) in [5.74, 6) is 0. The van der Waals surface area contributed by atoms with E-state index in [1.807, 2.05) is 0 Å². The molecule has 0 radical (unpaired) electrons. The van der Waals surface area contributed by atoms with E-state index in [0.29, 0.717) is 9.04 Å². The zero-order valence-electron chi connectivity index (χ0n) is 6.76. The van der Waals surface area contributed by atoms with Crippen molar-refractivity contribution in [2.24, 2.45) is 0 Å². The van der Waals surface area contributed by atoms with Gasteiger partial charge in [0.15, 0.2) is 9.84 Å². The third-order valence-corrected chi connectivity index (χ3v) is 4.40. The van der Waals surface area contributed by atoms with Crippen LogP contribution in [-0.2, 0) is 9.84 Å². The summed E-state index contributed by atoms with van der Waals surface area (Å²) in [7, 11) is -3.11. The summed E-state index contributed by atoms with van der Waals surface area (Å²) in [5, 5.41) is 0.771. The van der Waals surface area contributed by atoms with Crippen molar-refractivity contribution in [1.82, 2.24) is 9.97 Å². The molecular formula is C7H6N2O2S2. The highest BCUT2D eigenvalue weighted by Gasteiger charge is 2.11. The number of fused-ring (bicyclic) bond motifs is 1. The first-order valence-electron chi connectivity index (χ1n) is 3.47. The summed E-state index contributed by atoms with van der Waals surface area (Å²) in [4.78, 5) is 8.47. The first kappa shape index (κ1) is 8.58. The van der Waals surface area contributed by atoms with Crippen molar-refractivity contribution in [2.75, 3.05) is 6.26 Å². The number of nitrogens with zero attached hydrogens (tertiary/aromatic N) is 2. The lowest BCUT2D eigenvalue weighted by atomic mass is 10.4. The van der Waals surface area contributed by atoms with Crippen molar-refractivity contribution in [1.29, 1.82) is 0 Å². The molecule has 2 heterocycles. The molecule has 0 aromatic carbocycles. The summed E-state index contributed by atoms with van der Waals surface area (Å²) in [6, 6.07) is 1.59. The van der Waals surface area contributed by atoms with Crippen LogP contribution in [0.25, 0.3) is 10.2 Å². The van der Waals surface area contributed by atoms with Crippen LogP contribution in [0, 0.1) is 0 Å². The number of hydrogen-bond acceptors (Lipinski definition) is 5. The molecular weight excluding hydrogens is 208 g/mol. The van der Waals surface area contributed by atoms with E-state index in [1.165, 1.54) is 23.9 Å². The van der Waals surface area contributed by atoms with E-state index in [-0.39, 0.29) is 0 Å². The first-order chi connectivity index (χ1) is 6.07. The van der Waals surface area contributed by atoms with E-state index in [1.54, 1.807) is 12.3 Å². The van der Waals surface area contributed by atoms with Crippen LogP contribution in [0.5, 0.6) is 0 Å². The van der Waals surface area contributed by atoms with E-state index >= 15 is 0 Å². The second-order valence-electron chi connectivity index (χ2n) is 2.62. The van der Waals surface area contributed by atoms with Gasteiger partial charge in [0.1, 0.15) is 15.4 Å². The molecule has 0 unspecified atom stereocenters. The standard InChI is InChI=1S/C7H6N2O2S2/c1-13(10,11)6-2-5-3-8-4-9-7(5)12-6/h2-4H,1H3. The van der Waals surface area contributed by atoms with Crippen LogP contribution in [-0.4, -0.2) is 24.6 Å². The van der Waals surface area contributed by atoms with Crippen LogP contribution in [0.4, 0.5) is 0 Å². The van der Waals surface area contributed by atoms with Gasteiger partial charge in [0.2, 0.25) is 0 Å². The smallest absolute Gasteiger partial charge is 0.184 e. The predicted octanol–water partition coefficient (Wildman–Crippen LogP) is 1.09. The minimum atomic E-state index is -3.11. The van der Waals surface area contributed by atoms with Crippen LogP contribution in [0.1, 0.15) is 0 Å². The Labute approximate surface area is 79.2 Å². The second kappa shape index (κ2) is 2.74. The van der Waals surface area contributed by atoms with Gasteiger partial charge < -0.3 is 0 Å². The minimum absolute atomic E-state index is 0.336. The van der Waals surface area contributed by atoms with Gasteiger partial charge in [-0.2, -0.15) is 0 Å². The van der Waals surface area contributed by atoms with E-state index in [9.17, 15) is 8.42 Å². The van der Waals surface area contributed by atoms with Crippen molar-refractivity contribution < 1.29 is 8.42 Å². The molecule has 0 N–H and O–H groups in total. The van der Waals surface area contributed by atoms with Crippen molar-refractivity contribution in [2.45, 2.75) is 4.21 Å². The van der Waals surface area contributed by atoms with E-state index in [0.717, 1.165) is 5.39 Å². The molecule has 2 aromatic rings. The Kier molecular flexibility index (Phi) is 1.81. The fraction of sp³-hybridized carbons (Fsp3) is 0.143. The second-order valence-corrected chi connectivity index (χ2v) is 5.89. The molecule has 0 saturated carbocycles. The Bertz CT molecular complexity index is 511. The van der Waals surface area contributed by atoms with Gasteiger partial charge in [-0.15, -0.1) is 11.3 Å². The largest absolute Gasteiger partial charge is 0.244 e. The Hall–Kier alpha value is -1.01. The molecule has 6 heteroatoms. The van der Waals surface area contributed by atoms with Crippen molar-refractivity contribution in [3.8, 4) is 0 Å². The quantitative estimate of drug-likeness (QED) is 0.713. The molecule has 0 spiro atoms. The normalized spacial score (nSPS) is 12.1. The SMILES string of the molecule is CS(=O)(=O)c1cc2cncnc2s1. The average molecular weight is 214 g/mol. The molecule has 4 nitrogen and oxygen atoms in total. The van der Waals surface area contributed by atoms with Crippen LogP contribution >= 0.6 is 11.3 Å². The highest BCUT2D eigenvalue weighted by Crippen LogP contribution is 2.26. The lowest BCUT2D eigenvalue weighted by Crippen LogP contribution is -1.91. The van der Waals surface area contributed by atoms with Crippen molar-refractivity contribution in [3.05, 3.63) is 18.6 Å². The molecule has 0 atom stereocenters. The van der Waals surface area contributed by atoms with Gasteiger partial charge in [0.05, 0.1) is 0 Å². The third kappa shape index (κ3) is 1.54. The van der Waals surface area contributed by atoms with Crippen LogP contribution in [0.2, 0.25) is 0 Å². The summed E-state index contributed by atoms with van der Waals surface area (Å²) in [5.41, 5.74) is 0. The lowest BCUT2D eigenvalue weighted by molar-refractivity contribution is 0.604. The number of aromatic nitrogens is 2. The molecule has 0 amide bonds. The molecule has 0 aliphatic rings. The fourth-order valence-corrected chi connectivity index (χ4v) is 2.84. The maximum atomic E-state index is 11.2. The first-order valence-corrected chi connectivity index (χ1v) is 6.18. The molecule has 0 aliphatic carbocycles. The zero-order valence-corrected chi connectivity index (χ0v) is 8.39. The van der Waals surface area contributed by atoms with Gasteiger partial charge >= 0.3 is 0 Å². The number of sulfone groups is 1. The van der Waals surface area contributed by atoms with Crippen molar-refractivity contribution in [3.63, 3.8) is 0 Å². The molecule has 2 aromatic heterocycles. The van der Waals surface area contributed by atoms with Gasteiger partial charge in [-0.05, 0) is 6.07 Å². The van der Waals surface area contributed by atoms with Gasteiger partial charge in [-0.25, -0.2) is 18.4 Å². The Balaban J connectivity index is 2.77. The predicted molar refractivity (Wildman–Crippen MR) is 50.5 cm³/mol. The molecule has 13 heavy (non-hydrogen) atoms. The van der Waals surface area contributed by atoms with Crippen molar-refractivity contribution >= 4 is 31.4 Å². The Morgan fingerprint density at radius 2 is 2.23 bits per heavy atom. The Morgan fingerprint density at radius 3 is 2.85 bits per heavy atom. The van der Waals surface area contributed by atoms with E-state index in [2.05, 4.69) is 9.97 Å². The van der Waals surface area contributed by atoms with Gasteiger partial charge in [0.25, 0.3) is 0 Å². The number of rotatable bonds is 1. The van der Waals surface area contributed by atoms with E-state index < -0.39 is 9.84 Å². The van der Waals surface area contributed by atoms with Gasteiger partial charge in [-0.3, -0.25) is 0 Å². The average Bonchev–Trinajstić information content (AvgIpc) is 2.45. The molecule has 0 aliphatic heterocycles. The van der Waals surface area contributed by atoms with Crippen LogP contribution in [0.15, 0.2) is 22.8 Å². The maximum absolute atomic E-state index is 11.2. The summed E-state index contributed by atoms with van der Waals surface area (Å²) < 4.78 is 22.7. The molecule has 0 fully saturated rings.